The Balaban J connectivity index is 1.63. The molecule has 0 spiro atoms. The van der Waals surface area contributed by atoms with Crippen molar-refractivity contribution in [3.05, 3.63) is 91.0 Å². The van der Waals surface area contributed by atoms with Gasteiger partial charge in [-0.1, -0.05) is 78.9 Å². The molecular formula is C20H20OP2. The van der Waals surface area contributed by atoms with Crippen LogP contribution in [-0.2, 0) is 0 Å². The number of hydrogen-bond acceptors (Lipinski definition) is 1. The summed E-state index contributed by atoms with van der Waals surface area (Å²) in [7, 11) is 0.204. The van der Waals surface area contributed by atoms with Gasteiger partial charge in [-0.25, -0.2) is 0 Å². The van der Waals surface area contributed by atoms with Crippen LogP contribution in [0.5, 0.6) is 5.75 Å². The van der Waals surface area contributed by atoms with Crippen molar-refractivity contribution in [1.82, 2.24) is 0 Å². The zero-order valence-corrected chi connectivity index (χ0v) is 14.8. The minimum atomic E-state index is -0.304. The van der Waals surface area contributed by atoms with E-state index in [1.807, 2.05) is 30.3 Å². The molecule has 0 N–H and O–H groups in total. The number of para-hydroxylation sites is 1. The average Bonchev–Trinajstić information content (AvgIpc) is 2.64. The van der Waals surface area contributed by atoms with Crippen molar-refractivity contribution in [3.63, 3.8) is 0 Å². The van der Waals surface area contributed by atoms with Gasteiger partial charge in [0.15, 0.2) is 0 Å². The van der Waals surface area contributed by atoms with Crippen LogP contribution in [0.1, 0.15) is 0 Å². The summed E-state index contributed by atoms with van der Waals surface area (Å²) in [6, 6.07) is 31.8. The van der Waals surface area contributed by atoms with E-state index in [9.17, 15) is 0 Å². The lowest BCUT2D eigenvalue weighted by Gasteiger charge is -2.18. The molecule has 0 aliphatic heterocycles. The molecule has 0 fully saturated rings. The second kappa shape index (κ2) is 8.82. The molecule has 0 aliphatic rings. The zero-order chi connectivity index (χ0) is 15.7. The van der Waals surface area contributed by atoms with Gasteiger partial charge >= 0.3 is 0 Å². The second-order valence-electron chi connectivity index (χ2n) is 5.13. The van der Waals surface area contributed by atoms with E-state index < -0.39 is 0 Å². The van der Waals surface area contributed by atoms with Gasteiger partial charge in [0.1, 0.15) is 5.75 Å². The van der Waals surface area contributed by atoms with E-state index in [0.29, 0.717) is 8.81 Å². The van der Waals surface area contributed by atoms with Crippen LogP contribution < -0.4 is 15.1 Å². The first-order valence-electron chi connectivity index (χ1n) is 7.76. The Hall–Kier alpha value is -1.68. The summed E-state index contributed by atoms with van der Waals surface area (Å²) < 4.78 is 5.87. The van der Waals surface area contributed by atoms with Gasteiger partial charge in [0.25, 0.3) is 0 Å². The Morgan fingerprint density at radius 1 is 0.652 bits per heavy atom. The van der Waals surface area contributed by atoms with Gasteiger partial charge in [-0.2, -0.15) is 0 Å². The van der Waals surface area contributed by atoms with Crippen molar-refractivity contribution in [2.45, 2.75) is 0 Å². The SMILES string of the molecule is c1ccc(OPCCP(c2ccccc2)c2ccccc2)cc1. The zero-order valence-electron chi connectivity index (χ0n) is 12.9. The largest absolute Gasteiger partial charge is 0.477 e. The van der Waals surface area contributed by atoms with Crippen molar-refractivity contribution < 1.29 is 4.52 Å². The highest BCUT2D eigenvalue weighted by atomic mass is 31.1. The van der Waals surface area contributed by atoms with Crippen LogP contribution >= 0.6 is 16.7 Å². The third-order valence-electron chi connectivity index (χ3n) is 3.51. The molecule has 116 valence electrons. The van der Waals surface area contributed by atoms with Crippen LogP contribution in [0, 0.1) is 0 Å². The molecule has 3 aromatic carbocycles. The molecule has 0 bridgehead atoms. The highest BCUT2D eigenvalue weighted by Gasteiger charge is 2.12. The van der Waals surface area contributed by atoms with E-state index in [0.717, 1.165) is 18.1 Å². The fourth-order valence-corrected chi connectivity index (χ4v) is 5.95. The lowest BCUT2D eigenvalue weighted by atomic mass is 10.3. The standard InChI is InChI=1S/C20H20OP2/c1-4-10-18(11-5-1)21-22-16-17-23(19-12-6-2-7-13-19)20-14-8-3-9-15-20/h1-15,22H,16-17H2. The van der Waals surface area contributed by atoms with Crippen LogP contribution in [0.4, 0.5) is 0 Å². The molecule has 1 atom stereocenters. The van der Waals surface area contributed by atoms with Crippen LogP contribution in [0.2, 0.25) is 0 Å². The molecule has 0 saturated heterocycles. The van der Waals surface area contributed by atoms with E-state index in [4.69, 9.17) is 4.52 Å². The Kier molecular flexibility index (Phi) is 6.21. The summed E-state index contributed by atoms with van der Waals surface area (Å²) in [4.78, 5) is 0. The van der Waals surface area contributed by atoms with Crippen molar-refractivity contribution in [2.75, 3.05) is 12.3 Å². The molecule has 0 amide bonds. The maximum Gasteiger partial charge on any atom is 0.122 e. The summed E-state index contributed by atoms with van der Waals surface area (Å²) in [5.41, 5.74) is 0. The normalized spacial score (nSPS) is 11.2. The molecule has 0 heterocycles. The Morgan fingerprint density at radius 3 is 1.65 bits per heavy atom. The van der Waals surface area contributed by atoms with Crippen LogP contribution in [0.15, 0.2) is 91.0 Å². The molecule has 1 unspecified atom stereocenters. The summed E-state index contributed by atoms with van der Waals surface area (Å²) in [5.74, 6) is 0.967. The van der Waals surface area contributed by atoms with E-state index in [1.54, 1.807) is 0 Å². The minimum absolute atomic E-state index is 0.304. The van der Waals surface area contributed by atoms with E-state index >= 15 is 0 Å². The Bertz CT molecular complexity index is 647. The molecule has 3 rings (SSSR count). The van der Waals surface area contributed by atoms with E-state index in [-0.39, 0.29) is 7.92 Å². The summed E-state index contributed by atoms with van der Waals surface area (Å²) in [5, 5.41) is 2.89. The third kappa shape index (κ3) is 4.90. The average molecular weight is 338 g/mol. The van der Waals surface area contributed by atoms with Crippen LogP contribution in [0.25, 0.3) is 0 Å². The number of benzene rings is 3. The lowest BCUT2D eigenvalue weighted by Crippen LogP contribution is -2.14. The molecule has 23 heavy (non-hydrogen) atoms. The Labute approximate surface area is 141 Å². The van der Waals surface area contributed by atoms with Gasteiger partial charge < -0.3 is 4.52 Å². The number of rotatable bonds is 7. The third-order valence-corrected chi connectivity index (χ3v) is 7.28. The molecule has 0 saturated carbocycles. The first-order chi connectivity index (χ1) is 11.4. The van der Waals surface area contributed by atoms with Crippen LogP contribution in [-0.4, -0.2) is 12.3 Å². The van der Waals surface area contributed by atoms with Gasteiger partial charge in [-0.3, -0.25) is 0 Å². The van der Waals surface area contributed by atoms with E-state index in [2.05, 4.69) is 60.7 Å². The van der Waals surface area contributed by atoms with Crippen molar-refractivity contribution >= 4 is 27.3 Å². The molecule has 1 nitrogen and oxygen atoms in total. The lowest BCUT2D eigenvalue weighted by molar-refractivity contribution is 0.632. The molecule has 0 radical (unpaired) electrons. The summed E-state index contributed by atoms with van der Waals surface area (Å²) in [6.45, 7) is 0. The molecular weight excluding hydrogens is 318 g/mol. The summed E-state index contributed by atoms with van der Waals surface area (Å²) in [6.07, 6.45) is 2.25. The highest BCUT2D eigenvalue weighted by Crippen LogP contribution is 2.35. The fourth-order valence-electron chi connectivity index (χ4n) is 2.40. The fraction of sp³-hybridized carbons (Fsp3) is 0.100. The first kappa shape index (κ1) is 16.2. The topological polar surface area (TPSA) is 9.23 Å². The molecule has 3 heteroatoms. The predicted molar refractivity (Wildman–Crippen MR) is 104 cm³/mol. The Morgan fingerprint density at radius 2 is 1.13 bits per heavy atom. The predicted octanol–water partition coefficient (Wildman–Crippen LogP) is 4.79. The van der Waals surface area contributed by atoms with E-state index in [1.165, 1.54) is 10.6 Å². The van der Waals surface area contributed by atoms with Crippen molar-refractivity contribution in [1.29, 1.82) is 0 Å². The van der Waals surface area contributed by atoms with Gasteiger partial charge in [0, 0.05) is 6.16 Å². The maximum atomic E-state index is 5.87. The second-order valence-corrected chi connectivity index (χ2v) is 8.46. The summed E-state index contributed by atoms with van der Waals surface area (Å²) >= 11 is 0. The van der Waals surface area contributed by atoms with Gasteiger partial charge in [-0.15, -0.1) is 0 Å². The van der Waals surface area contributed by atoms with Gasteiger partial charge in [0.05, 0.1) is 8.81 Å². The van der Waals surface area contributed by atoms with Crippen molar-refractivity contribution in [2.24, 2.45) is 0 Å². The van der Waals surface area contributed by atoms with Crippen molar-refractivity contribution in [3.8, 4) is 5.75 Å². The molecule has 3 aromatic rings. The first-order valence-corrected chi connectivity index (χ1v) is 10.4. The smallest absolute Gasteiger partial charge is 0.122 e. The number of hydrogen-bond donors (Lipinski definition) is 0. The quantitative estimate of drug-likeness (QED) is 0.444. The van der Waals surface area contributed by atoms with Gasteiger partial charge in [-0.05, 0) is 36.8 Å². The van der Waals surface area contributed by atoms with Crippen LogP contribution in [0.3, 0.4) is 0 Å². The molecule has 0 aromatic heterocycles. The highest BCUT2D eigenvalue weighted by molar-refractivity contribution is 7.73. The maximum absolute atomic E-state index is 5.87. The van der Waals surface area contributed by atoms with Gasteiger partial charge in [0.2, 0.25) is 0 Å². The minimum Gasteiger partial charge on any atom is -0.477 e. The monoisotopic (exact) mass is 338 g/mol. The molecule has 0 aliphatic carbocycles.